The molecule has 2 heterocycles. The smallest absolute Gasteiger partial charge is 0.335 e. The van der Waals surface area contributed by atoms with Crippen LogP contribution < -0.4 is 11.3 Å². The van der Waals surface area contributed by atoms with E-state index in [2.05, 4.69) is 4.98 Å². The van der Waals surface area contributed by atoms with E-state index in [9.17, 15) is 9.59 Å². The van der Waals surface area contributed by atoms with Gasteiger partial charge in [-0.25, -0.2) is 9.78 Å². The fraction of sp³-hybridized carbons (Fsp3) is 0.227. The van der Waals surface area contributed by atoms with E-state index in [1.54, 1.807) is 24.3 Å². The molecule has 2 aromatic carbocycles. The van der Waals surface area contributed by atoms with Crippen molar-refractivity contribution in [2.45, 2.75) is 32.4 Å². The van der Waals surface area contributed by atoms with Gasteiger partial charge in [0.15, 0.2) is 11.1 Å². The van der Waals surface area contributed by atoms with E-state index in [-0.39, 0.29) is 23.7 Å². The maximum Gasteiger partial charge on any atom is 0.335 e. The molecule has 29 heavy (non-hydrogen) atoms. The Hall–Kier alpha value is -3.45. The number of fused-ring (bicyclic) bond motifs is 3. The van der Waals surface area contributed by atoms with Gasteiger partial charge < -0.3 is 19.8 Å². The van der Waals surface area contributed by atoms with E-state index in [1.165, 1.54) is 0 Å². The molecule has 7 heteroatoms. The Kier molecular flexibility index (Phi) is 3.82. The van der Waals surface area contributed by atoms with E-state index in [0.717, 1.165) is 40.4 Å². The van der Waals surface area contributed by atoms with Crippen molar-refractivity contribution in [1.29, 1.82) is 0 Å². The van der Waals surface area contributed by atoms with Gasteiger partial charge in [0, 0.05) is 11.4 Å². The Labute approximate surface area is 165 Å². The highest BCUT2D eigenvalue weighted by molar-refractivity contribution is 6.04. The minimum absolute atomic E-state index is 0.131. The zero-order chi connectivity index (χ0) is 20.3. The summed E-state index contributed by atoms with van der Waals surface area (Å²) in [7, 11) is 0. The van der Waals surface area contributed by atoms with Crippen LogP contribution in [0.2, 0.25) is 0 Å². The zero-order valence-corrected chi connectivity index (χ0v) is 15.8. The molecule has 146 valence electrons. The monoisotopic (exact) mass is 389 g/mol. The molecule has 1 saturated carbocycles. The highest BCUT2D eigenvalue weighted by Gasteiger charge is 2.30. The van der Waals surface area contributed by atoms with E-state index in [0.29, 0.717) is 17.0 Å². The molecule has 0 radical (unpaired) electrons. The number of hydrogen-bond donors (Lipinski definition) is 2. The van der Waals surface area contributed by atoms with Crippen molar-refractivity contribution in [2.24, 2.45) is 5.73 Å². The van der Waals surface area contributed by atoms with Crippen LogP contribution >= 0.6 is 0 Å². The van der Waals surface area contributed by atoms with E-state index < -0.39 is 5.97 Å². The van der Waals surface area contributed by atoms with Gasteiger partial charge in [-0.2, -0.15) is 0 Å². The fourth-order valence-corrected chi connectivity index (χ4v) is 3.97. The second kappa shape index (κ2) is 6.28. The third-order valence-corrected chi connectivity index (χ3v) is 5.54. The van der Waals surface area contributed by atoms with Gasteiger partial charge in [-0.1, -0.05) is 18.2 Å². The average Bonchev–Trinajstić information content (AvgIpc) is 3.46. The average molecular weight is 389 g/mol. The molecule has 0 bridgehead atoms. The normalized spacial score (nSPS) is 14.0. The van der Waals surface area contributed by atoms with Crippen LogP contribution in [0.5, 0.6) is 0 Å². The number of rotatable bonds is 4. The molecule has 0 unspecified atom stereocenters. The predicted molar refractivity (Wildman–Crippen MR) is 109 cm³/mol. The van der Waals surface area contributed by atoms with Crippen molar-refractivity contribution >= 4 is 28.0 Å². The highest BCUT2D eigenvalue weighted by atomic mass is 16.4. The molecule has 0 atom stereocenters. The number of carbonyl (C=O) groups is 1. The molecule has 1 fully saturated rings. The van der Waals surface area contributed by atoms with Gasteiger partial charge in [0.1, 0.15) is 0 Å². The van der Waals surface area contributed by atoms with Gasteiger partial charge in [-0.05, 0) is 54.7 Å². The molecule has 3 N–H and O–H groups in total. The predicted octanol–water partition coefficient (Wildman–Crippen LogP) is 3.61. The number of hydrogen-bond acceptors (Lipinski definition) is 5. The Balaban J connectivity index is 1.82. The van der Waals surface area contributed by atoms with Crippen molar-refractivity contribution < 1.29 is 14.3 Å². The van der Waals surface area contributed by atoms with Crippen LogP contribution in [0.25, 0.3) is 33.1 Å². The summed E-state index contributed by atoms with van der Waals surface area (Å²) in [6.45, 7) is 2.11. The Morgan fingerprint density at radius 2 is 1.97 bits per heavy atom. The number of carboxylic acids is 1. The molecule has 0 spiro atoms. The standard InChI is InChI=1S/C22H19N3O4/c1-11-15(12-2-4-13(5-3-12)22(27)28)8-9-16-19(11)25(14-6-7-14)21(26)18-20(16)29-17(10-23)24-18/h2-5,8-9,14H,6-7,10,23H2,1H3,(H,27,28). The lowest BCUT2D eigenvalue weighted by atomic mass is 9.96. The Morgan fingerprint density at radius 1 is 1.24 bits per heavy atom. The summed E-state index contributed by atoms with van der Waals surface area (Å²) in [6.07, 6.45) is 1.91. The molecule has 0 amide bonds. The van der Waals surface area contributed by atoms with E-state index in [1.807, 2.05) is 23.6 Å². The molecule has 0 saturated heterocycles. The second-order valence-corrected chi connectivity index (χ2v) is 7.41. The Bertz CT molecular complexity index is 1340. The molecule has 0 aliphatic heterocycles. The fourth-order valence-electron chi connectivity index (χ4n) is 3.97. The van der Waals surface area contributed by atoms with Gasteiger partial charge in [0.25, 0.3) is 5.56 Å². The van der Waals surface area contributed by atoms with Gasteiger partial charge in [-0.3, -0.25) is 4.79 Å². The van der Waals surface area contributed by atoms with Crippen LogP contribution in [0, 0.1) is 6.92 Å². The lowest BCUT2D eigenvalue weighted by Gasteiger charge is -2.15. The largest absolute Gasteiger partial charge is 0.478 e. The van der Waals surface area contributed by atoms with Gasteiger partial charge in [0.05, 0.1) is 17.6 Å². The number of oxazole rings is 1. The van der Waals surface area contributed by atoms with Crippen molar-refractivity contribution in [3.05, 3.63) is 63.8 Å². The SMILES string of the molecule is Cc1c(-c2ccc(C(=O)O)cc2)ccc2c3oc(CN)nc3c(=O)n(C3CC3)c12. The summed E-state index contributed by atoms with van der Waals surface area (Å²) in [4.78, 5) is 28.7. The second-order valence-electron chi connectivity index (χ2n) is 7.41. The molecule has 2 aromatic heterocycles. The van der Waals surface area contributed by atoms with Crippen molar-refractivity contribution in [1.82, 2.24) is 9.55 Å². The van der Waals surface area contributed by atoms with Crippen molar-refractivity contribution in [2.75, 3.05) is 0 Å². The molecule has 4 aromatic rings. The number of aryl methyl sites for hydroxylation is 1. The third-order valence-electron chi connectivity index (χ3n) is 5.54. The van der Waals surface area contributed by atoms with Gasteiger partial charge in [0.2, 0.25) is 5.89 Å². The first kappa shape index (κ1) is 17.6. The van der Waals surface area contributed by atoms with Crippen molar-refractivity contribution in [3.63, 3.8) is 0 Å². The summed E-state index contributed by atoms with van der Waals surface area (Å²) < 4.78 is 7.63. The van der Waals surface area contributed by atoms with Crippen molar-refractivity contribution in [3.8, 4) is 11.1 Å². The molecule has 5 rings (SSSR count). The molecule has 7 nitrogen and oxygen atoms in total. The lowest BCUT2D eigenvalue weighted by Crippen LogP contribution is -2.20. The number of nitrogens with zero attached hydrogens (tertiary/aromatic N) is 2. The molecular formula is C22H19N3O4. The number of nitrogens with two attached hydrogens (primary N) is 1. The molecule has 1 aliphatic rings. The Morgan fingerprint density at radius 3 is 2.59 bits per heavy atom. The van der Waals surface area contributed by atoms with Crippen LogP contribution in [-0.2, 0) is 6.54 Å². The van der Waals surface area contributed by atoms with Crippen LogP contribution in [0.15, 0.2) is 45.6 Å². The molecular weight excluding hydrogens is 370 g/mol. The number of aromatic carboxylic acids is 1. The zero-order valence-electron chi connectivity index (χ0n) is 15.8. The summed E-state index contributed by atoms with van der Waals surface area (Å²) in [5.41, 5.74) is 10.2. The highest BCUT2D eigenvalue weighted by Crippen LogP contribution is 2.40. The van der Waals surface area contributed by atoms with Crippen LogP contribution in [0.4, 0.5) is 0 Å². The summed E-state index contributed by atoms with van der Waals surface area (Å²) in [5, 5.41) is 9.97. The number of pyridine rings is 1. The first-order chi connectivity index (χ1) is 14.0. The minimum Gasteiger partial charge on any atom is -0.478 e. The van der Waals surface area contributed by atoms with Crippen LogP contribution in [0.1, 0.15) is 40.7 Å². The van der Waals surface area contributed by atoms with E-state index in [4.69, 9.17) is 15.3 Å². The summed E-state index contributed by atoms with van der Waals surface area (Å²) in [5.74, 6) is -0.615. The van der Waals surface area contributed by atoms with Gasteiger partial charge in [-0.15, -0.1) is 0 Å². The van der Waals surface area contributed by atoms with E-state index >= 15 is 0 Å². The summed E-state index contributed by atoms with van der Waals surface area (Å²) >= 11 is 0. The molecule has 1 aliphatic carbocycles. The number of aromatic nitrogens is 2. The number of benzene rings is 2. The number of carboxylic acid groups (broad SMARTS) is 1. The quantitative estimate of drug-likeness (QED) is 0.551. The van der Waals surface area contributed by atoms with Gasteiger partial charge >= 0.3 is 5.97 Å². The summed E-state index contributed by atoms with van der Waals surface area (Å²) in [6, 6.07) is 10.8. The minimum atomic E-state index is -0.960. The third kappa shape index (κ3) is 2.66. The van der Waals surface area contributed by atoms with Crippen LogP contribution in [0.3, 0.4) is 0 Å². The van der Waals surface area contributed by atoms with Crippen LogP contribution in [-0.4, -0.2) is 20.6 Å². The maximum absolute atomic E-state index is 13.2. The lowest BCUT2D eigenvalue weighted by molar-refractivity contribution is 0.0697. The first-order valence-electron chi connectivity index (χ1n) is 9.50. The topological polar surface area (TPSA) is 111 Å². The maximum atomic E-state index is 13.2. The first-order valence-corrected chi connectivity index (χ1v) is 9.50.